The molecule has 94 valence electrons. The third-order valence-electron chi connectivity index (χ3n) is 2.17. The summed E-state index contributed by atoms with van der Waals surface area (Å²) in [6.45, 7) is 1.56. The molecule has 0 aromatic heterocycles. The minimum atomic E-state index is -4.40. The predicted molar refractivity (Wildman–Crippen MR) is 48.9 cm³/mol. The molecule has 1 heterocycles. The maximum Gasteiger partial charge on any atom is 0.411 e. The molecule has 0 aromatic carbocycles. The number of nitrogens with zero attached hydrogens (tertiary/aromatic N) is 1. The highest BCUT2D eigenvalue weighted by Crippen LogP contribution is 2.16. The van der Waals surface area contributed by atoms with Crippen LogP contribution in [0.25, 0.3) is 0 Å². The average molecular weight is 241 g/mol. The first-order chi connectivity index (χ1) is 7.40. The Hall–Kier alpha value is -0.820. The number of alkyl halides is 3. The number of ether oxygens (including phenoxy) is 2. The predicted octanol–water partition coefficient (Wildman–Crippen LogP) is 0.813. The van der Waals surface area contributed by atoms with Gasteiger partial charge in [0.25, 0.3) is 5.91 Å². The van der Waals surface area contributed by atoms with Crippen molar-refractivity contribution < 1.29 is 27.4 Å². The van der Waals surface area contributed by atoms with Gasteiger partial charge in [0.1, 0.15) is 12.7 Å². The van der Waals surface area contributed by atoms with Crippen molar-refractivity contribution in [1.29, 1.82) is 0 Å². The molecule has 16 heavy (non-hydrogen) atoms. The molecule has 0 bridgehead atoms. The van der Waals surface area contributed by atoms with Crippen LogP contribution in [0.5, 0.6) is 0 Å². The summed E-state index contributed by atoms with van der Waals surface area (Å²) in [5.41, 5.74) is 0. The minimum Gasteiger partial charge on any atom is -0.378 e. The van der Waals surface area contributed by atoms with Crippen LogP contribution in [-0.4, -0.2) is 56.0 Å². The van der Waals surface area contributed by atoms with Gasteiger partial charge in [-0.25, -0.2) is 0 Å². The molecule has 4 nitrogen and oxygen atoms in total. The average Bonchev–Trinajstić information content (AvgIpc) is 2.25. The van der Waals surface area contributed by atoms with E-state index in [0.717, 1.165) is 0 Å². The van der Waals surface area contributed by atoms with E-state index in [9.17, 15) is 18.0 Å². The van der Waals surface area contributed by atoms with Gasteiger partial charge >= 0.3 is 6.18 Å². The standard InChI is InChI=1S/C9H14F3NO3/c1-7(16-6-9(10,11)12)8(14)13-2-4-15-5-3-13/h7H,2-6H2,1H3/t7-/m1/s1. The lowest BCUT2D eigenvalue weighted by molar-refractivity contribution is -0.189. The first-order valence-corrected chi connectivity index (χ1v) is 4.95. The van der Waals surface area contributed by atoms with E-state index in [0.29, 0.717) is 26.3 Å². The topological polar surface area (TPSA) is 38.8 Å². The number of hydrogen-bond donors (Lipinski definition) is 0. The molecule has 1 atom stereocenters. The lowest BCUT2D eigenvalue weighted by atomic mass is 10.3. The molecule has 1 fully saturated rings. The maximum atomic E-state index is 11.9. The van der Waals surface area contributed by atoms with Crippen LogP contribution in [0.1, 0.15) is 6.92 Å². The molecule has 0 aliphatic carbocycles. The Morgan fingerprint density at radius 1 is 1.44 bits per heavy atom. The van der Waals surface area contributed by atoms with Crippen LogP contribution in [0.2, 0.25) is 0 Å². The number of hydrogen-bond acceptors (Lipinski definition) is 3. The zero-order valence-electron chi connectivity index (χ0n) is 8.92. The summed E-state index contributed by atoms with van der Waals surface area (Å²) in [5, 5.41) is 0. The summed E-state index contributed by atoms with van der Waals surface area (Å²) >= 11 is 0. The van der Waals surface area contributed by atoms with Gasteiger partial charge in [0.05, 0.1) is 13.2 Å². The van der Waals surface area contributed by atoms with Crippen molar-refractivity contribution in [2.45, 2.75) is 19.2 Å². The number of rotatable bonds is 3. The molecule has 1 rings (SSSR count). The van der Waals surface area contributed by atoms with E-state index in [1.54, 1.807) is 0 Å². The minimum absolute atomic E-state index is 0.401. The van der Waals surface area contributed by atoms with E-state index in [4.69, 9.17) is 4.74 Å². The van der Waals surface area contributed by atoms with E-state index >= 15 is 0 Å². The summed E-state index contributed by atoms with van der Waals surface area (Å²) in [6.07, 6.45) is -5.47. The molecule has 1 amide bonds. The number of morpholine rings is 1. The van der Waals surface area contributed by atoms with Crippen molar-refractivity contribution >= 4 is 5.91 Å². The van der Waals surface area contributed by atoms with Gasteiger partial charge in [-0.1, -0.05) is 0 Å². The van der Waals surface area contributed by atoms with Crippen LogP contribution in [0.3, 0.4) is 0 Å². The molecule has 1 aliphatic rings. The van der Waals surface area contributed by atoms with E-state index in [1.807, 2.05) is 0 Å². The second kappa shape index (κ2) is 5.49. The van der Waals surface area contributed by atoms with Crippen molar-refractivity contribution in [3.05, 3.63) is 0 Å². The first kappa shape index (κ1) is 13.2. The third kappa shape index (κ3) is 4.36. The Labute approximate surface area is 91.3 Å². The number of amides is 1. The number of carbonyl (C=O) groups excluding carboxylic acids is 1. The van der Waals surface area contributed by atoms with E-state index in [-0.39, 0.29) is 0 Å². The molecule has 0 aromatic rings. The summed E-state index contributed by atoms with van der Waals surface area (Å²) in [5.74, 6) is -0.424. The summed E-state index contributed by atoms with van der Waals surface area (Å²) < 4.78 is 45.0. The van der Waals surface area contributed by atoms with Crippen LogP contribution in [0.15, 0.2) is 0 Å². The molecule has 0 spiro atoms. The first-order valence-electron chi connectivity index (χ1n) is 4.95. The van der Waals surface area contributed by atoms with Crippen molar-refractivity contribution in [3.63, 3.8) is 0 Å². The molecule has 0 unspecified atom stereocenters. The lowest BCUT2D eigenvalue weighted by Gasteiger charge is -2.29. The zero-order valence-corrected chi connectivity index (χ0v) is 8.92. The van der Waals surface area contributed by atoms with Gasteiger partial charge in [-0.15, -0.1) is 0 Å². The fourth-order valence-electron chi connectivity index (χ4n) is 1.33. The third-order valence-corrected chi connectivity index (χ3v) is 2.17. The van der Waals surface area contributed by atoms with Gasteiger partial charge in [-0.05, 0) is 6.92 Å². The summed E-state index contributed by atoms with van der Waals surface area (Å²) in [4.78, 5) is 13.0. The smallest absolute Gasteiger partial charge is 0.378 e. The van der Waals surface area contributed by atoms with Crippen LogP contribution >= 0.6 is 0 Å². The Kier molecular flexibility index (Phi) is 4.55. The summed E-state index contributed by atoms with van der Waals surface area (Å²) in [7, 11) is 0. The fraction of sp³-hybridized carbons (Fsp3) is 0.889. The summed E-state index contributed by atoms with van der Waals surface area (Å²) in [6, 6.07) is 0. The highest BCUT2D eigenvalue weighted by Gasteiger charge is 2.31. The number of carbonyl (C=O) groups is 1. The normalized spacial score (nSPS) is 19.6. The van der Waals surface area contributed by atoms with E-state index < -0.39 is 24.8 Å². The van der Waals surface area contributed by atoms with E-state index in [1.165, 1.54) is 11.8 Å². The molecular weight excluding hydrogens is 227 g/mol. The van der Waals surface area contributed by atoms with Crippen LogP contribution in [-0.2, 0) is 14.3 Å². The molecule has 0 N–H and O–H groups in total. The van der Waals surface area contributed by atoms with Crippen LogP contribution < -0.4 is 0 Å². The van der Waals surface area contributed by atoms with E-state index in [2.05, 4.69) is 4.74 Å². The second-order valence-electron chi connectivity index (χ2n) is 3.51. The quantitative estimate of drug-likeness (QED) is 0.734. The van der Waals surface area contributed by atoms with Crippen molar-refractivity contribution in [1.82, 2.24) is 4.90 Å². The van der Waals surface area contributed by atoms with Gasteiger partial charge in [-0.2, -0.15) is 13.2 Å². The monoisotopic (exact) mass is 241 g/mol. The lowest BCUT2D eigenvalue weighted by Crippen LogP contribution is -2.46. The molecule has 1 saturated heterocycles. The second-order valence-corrected chi connectivity index (χ2v) is 3.51. The van der Waals surface area contributed by atoms with Crippen LogP contribution in [0.4, 0.5) is 13.2 Å². The van der Waals surface area contributed by atoms with Gasteiger partial charge < -0.3 is 14.4 Å². The SMILES string of the molecule is C[C@@H](OCC(F)(F)F)C(=O)N1CCOCC1. The highest BCUT2D eigenvalue weighted by molar-refractivity contribution is 5.80. The molecule has 1 aliphatic heterocycles. The van der Waals surface area contributed by atoms with Crippen molar-refractivity contribution in [2.75, 3.05) is 32.9 Å². The van der Waals surface area contributed by atoms with Gasteiger partial charge in [0.15, 0.2) is 0 Å². The number of halogens is 3. The largest absolute Gasteiger partial charge is 0.411 e. The van der Waals surface area contributed by atoms with Gasteiger partial charge in [-0.3, -0.25) is 4.79 Å². The Morgan fingerprint density at radius 3 is 2.50 bits per heavy atom. The molecule has 0 saturated carbocycles. The fourth-order valence-corrected chi connectivity index (χ4v) is 1.33. The maximum absolute atomic E-state index is 11.9. The highest BCUT2D eigenvalue weighted by atomic mass is 19.4. The Bertz CT molecular complexity index is 239. The molecule has 7 heteroatoms. The molecular formula is C9H14F3NO3. The van der Waals surface area contributed by atoms with Crippen molar-refractivity contribution in [2.24, 2.45) is 0 Å². The van der Waals surface area contributed by atoms with Gasteiger partial charge in [0.2, 0.25) is 0 Å². The Balaban J connectivity index is 2.34. The zero-order chi connectivity index (χ0) is 12.2. The Morgan fingerprint density at radius 2 is 2.00 bits per heavy atom. The van der Waals surface area contributed by atoms with Gasteiger partial charge in [0, 0.05) is 13.1 Å². The molecule has 0 radical (unpaired) electrons. The van der Waals surface area contributed by atoms with Crippen LogP contribution in [0, 0.1) is 0 Å². The van der Waals surface area contributed by atoms with Crippen molar-refractivity contribution in [3.8, 4) is 0 Å².